The molecular formula is C28H24N2O3S2. The van der Waals surface area contributed by atoms with Crippen LogP contribution in [0.25, 0.3) is 17.0 Å². The third-order valence-corrected chi connectivity index (χ3v) is 6.95. The summed E-state index contributed by atoms with van der Waals surface area (Å²) >= 11 is 6.88. The minimum absolute atomic E-state index is 0.117. The van der Waals surface area contributed by atoms with Crippen molar-refractivity contribution in [2.75, 3.05) is 18.1 Å². The molecule has 7 heteroatoms. The maximum absolute atomic E-state index is 13.3. The predicted octanol–water partition coefficient (Wildman–Crippen LogP) is 6.52. The van der Waals surface area contributed by atoms with E-state index in [0.29, 0.717) is 29.0 Å². The number of carbonyl (C=O) groups is 1. The molecule has 1 aliphatic rings. The molecule has 1 aliphatic heterocycles. The van der Waals surface area contributed by atoms with Gasteiger partial charge < -0.3 is 14.0 Å². The van der Waals surface area contributed by atoms with Gasteiger partial charge >= 0.3 is 0 Å². The fourth-order valence-corrected chi connectivity index (χ4v) is 5.33. The van der Waals surface area contributed by atoms with E-state index in [1.807, 2.05) is 79.7 Å². The van der Waals surface area contributed by atoms with Gasteiger partial charge in [-0.05, 0) is 55.5 Å². The zero-order chi connectivity index (χ0) is 24.2. The van der Waals surface area contributed by atoms with Gasteiger partial charge in [-0.2, -0.15) is 0 Å². The first-order chi connectivity index (χ1) is 17.1. The molecular weight excluding hydrogens is 476 g/mol. The maximum atomic E-state index is 13.3. The summed E-state index contributed by atoms with van der Waals surface area (Å²) in [6.07, 6.45) is 4.01. The summed E-state index contributed by atoms with van der Waals surface area (Å²) in [6.45, 7) is 3.77. The number of nitrogens with zero attached hydrogens (tertiary/aromatic N) is 2. The largest absolute Gasteiger partial charge is 0.494 e. The molecule has 1 amide bonds. The minimum atomic E-state index is -0.117. The Morgan fingerprint density at radius 2 is 1.63 bits per heavy atom. The Bertz CT molecular complexity index is 1400. The van der Waals surface area contributed by atoms with Gasteiger partial charge in [-0.1, -0.05) is 60.4 Å². The second-order valence-electron chi connectivity index (χ2n) is 7.90. The van der Waals surface area contributed by atoms with Crippen molar-refractivity contribution in [3.8, 4) is 11.5 Å². The quantitative estimate of drug-likeness (QED) is 0.203. The molecule has 0 aliphatic carbocycles. The predicted molar refractivity (Wildman–Crippen MR) is 147 cm³/mol. The summed E-state index contributed by atoms with van der Waals surface area (Å²) in [6, 6.07) is 25.4. The molecule has 4 aromatic rings. The molecule has 0 N–H and O–H groups in total. The Labute approximate surface area is 214 Å². The number of amides is 1. The standard InChI is InChI=1S/C28H24N2O3S2/c1-2-32-23-14-12-21(13-15-23)30-27(31)26(35-28(30)34)18-20-19-29(25-11-7-6-10-24(20)25)16-17-33-22-8-4-3-5-9-22/h3-15,18-19H,2,16-17H2,1H3/b26-18-. The number of fused-ring (bicyclic) bond motifs is 1. The van der Waals surface area contributed by atoms with Crippen LogP contribution in [0.15, 0.2) is 90.0 Å². The van der Waals surface area contributed by atoms with Crippen molar-refractivity contribution in [1.82, 2.24) is 4.57 Å². The van der Waals surface area contributed by atoms with Crippen molar-refractivity contribution in [1.29, 1.82) is 0 Å². The van der Waals surface area contributed by atoms with Gasteiger partial charge in [0.1, 0.15) is 18.1 Å². The molecule has 0 unspecified atom stereocenters. The lowest BCUT2D eigenvalue weighted by molar-refractivity contribution is -0.113. The third-order valence-electron chi connectivity index (χ3n) is 5.65. The lowest BCUT2D eigenvalue weighted by Crippen LogP contribution is -2.27. The Kier molecular flexibility index (Phi) is 6.88. The monoisotopic (exact) mass is 500 g/mol. The number of rotatable bonds is 8. The van der Waals surface area contributed by atoms with E-state index in [-0.39, 0.29) is 5.91 Å². The van der Waals surface area contributed by atoms with E-state index in [9.17, 15) is 4.79 Å². The van der Waals surface area contributed by atoms with Gasteiger partial charge in [-0.15, -0.1) is 0 Å². The van der Waals surface area contributed by atoms with Crippen molar-refractivity contribution in [2.24, 2.45) is 0 Å². The van der Waals surface area contributed by atoms with E-state index in [1.165, 1.54) is 11.8 Å². The number of thioether (sulfide) groups is 1. The van der Waals surface area contributed by atoms with Crippen LogP contribution in [-0.4, -0.2) is 28.0 Å². The van der Waals surface area contributed by atoms with E-state index < -0.39 is 0 Å². The van der Waals surface area contributed by atoms with Crippen molar-refractivity contribution in [2.45, 2.75) is 13.5 Å². The zero-order valence-corrected chi connectivity index (χ0v) is 20.9. The average Bonchev–Trinajstić information content (AvgIpc) is 3.37. The molecule has 1 fully saturated rings. The number of hydrogen-bond acceptors (Lipinski definition) is 5. The maximum Gasteiger partial charge on any atom is 0.270 e. The van der Waals surface area contributed by atoms with Gasteiger partial charge in [0.05, 0.1) is 23.7 Å². The first-order valence-electron chi connectivity index (χ1n) is 11.4. The number of aromatic nitrogens is 1. The highest BCUT2D eigenvalue weighted by atomic mass is 32.2. The topological polar surface area (TPSA) is 43.7 Å². The normalized spacial score (nSPS) is 14.8. The second-order valence-corrected chi connectivity index (χ2v) is 9.58. The van der Waals surface area contributed by atoms with Gasteiger partial charge in [0.2, 0.25) is 0 Å². The van der Waals surface area contributed by atoms with Crippen LogP contribution in [0.5, 0.6) is 11.5 Å². The molecule has 5 rings (SSSR count). The van der Waals surface area contributed by atoms with E-state index in [1.54, 1.807) is 4.90 Å². The van der Waals surface area contributed by atoms with Crippen LogP contribution in [0.2, 0.25) is 0 Å². The van der Waals surface area contributed by atoms with Crippen molar-refractivity contribution in [3.63, 3.8) is 0 Å². The average molecular weight is 501 g/mol. The Hall–Kier alpha value is -3.55. The molecule has 0 spiro atoms. The van der Waals surface area contributed by atoms with E-state index in [0.717, 1.165) is 33.7 Å². The number of thiocarbonyl (C=S) groups is 1. The lowest BCUT2D eigenvalue weighted by Gasteiger charge is -2.15. The Morgan fingerprint density at radius 3 is 2.40 bits per heavy atom. The SMILES string of the molecule is CCOc1ccc(N2C(=O)/C(=C/c3cn(CCOc4ccccc4)c4ccccc34)SC2=S)cc1. The molecule has 35 heavy (non-hydrogen) atoms. The molecule has 1 aromatic heterocycles. The molecule has 5 nitrogen and oxygen atoms in total. The fourth-order valence-electron chi connectivity index (χ4n) is 4.04. The van der Waals surface area contributed by atoms with Crippen LogP contribution < -0.4 is 14.4 Å². The molecule has 0 atom stereocenters. The molecule has 176 valence electrons. The van der Waals surface area contributed by atoms with Crippen LogP contribution >= 0.6 is 24.0 Å². The highest BCUT2D eigenvalue weighted by molar-refractivity contribution is 8.27. The van der Waals surface area contributed by atoms with E-state index in [4.69, 9.17) is 21.7 Å². The first kappa shape index (κ1) is 23.2. The molecule has 0 radical (unpaired) electrons. The number of ether oxygens (including phenoxy) is 2. The molecule has 2 heterocycles. The van der Waals surface area contributed by atoms with E-state index in [2.05, 4.69) is 22.9 Å². The number of benzene rings is 3. The fraction of sp³-hybridized carbons (Fsp3) is 0.143. The van der Waals surface area contributed by atoms with Crippen molar-refractivity contribution < 1.29 is 14.3 Å². The summed E-state index contributed by atoms with van der Waals surface area (Å²) in [5.41, 5.74) is 2.81. The van der Waals surface area contributed by atoms with Crippen LogP contribution in [0.4, 0.5) is 5.69 Å². The van der Waals surface area contributed by atoms with Gasteiger partial charge in [-0.25, -0.2) is 0 Å². The second kappa shape index (κ2) is 10.4. The van der Waals surface area contributed by atoms with Gasteiger partial charge in [0.25, 0.3) is 5.91 Å². The minimum Gasteiger partial charge on any atom is -0.494 e. The summed E-state index contributed by atoms with van der Waals surface area (Å²) in [7, 11) is 0. The number of carbonyl (C=O) groups excluding carboxylic acids is 1. The van der Waals surface area contributed by atoms with Gasteiger partial charge in [-0.3, -0.25) is 9.69 Å². The van der Waals surface area contributed by atoms with Crippen LogP contribution in [-0.2, 0) is 11.3 Å². The highest BCUT2D eigenvalue weighted by Gasteiger charge is 2.33. The smallest absolute Gasteiger partial charge is 0.270 e. The van der Waals surface area contributed by atoms with Gasteiger partial charge in [0.15, 0.2) is 4.32 Å². The Balaban J connectivity index is 1.38. The zero-order valence-electron chi connectivity index (χ0n) is 19.2. The van der Waals surface area contributed by atoms with E-state index >= 15 is 0 Å². The van der Waals surface area contributed by atoms with Crippen molar-refractivity contribution >= 4 is 56.9 Å². The molecule has 0 saturated carbocycles. The highest BCUT2D eigenvalue weighted by Crippen LogP contribution is 2.37. The molecule has 1 saturated heterocycles. The van der Waals surface area contributed by atoms with Crippen molar-refractivity contribution in [3.05, 3.63) is 95.5 Å². The Morgan fingerprint density at radius 1 is 0.914 bits per heavy atom. The third kappa shape index (κ3) is 4.97. The number of para-hydroxylation sites is 2. The molecule has 3 aromatic carbocycles. The number of hydrogen-bond donors (Lipinski definition) is 0. The van der Waals surface area contributed by atoms with Crippen LogP contribution in [0.1, 0.15) is 12.5 Å². The van der Waals surface area contributed by atoms with Gasteiger partial charge in [0, 0.05) is 22.7 Å². The molecule has 0 bridgehead atoms. The lowest BCUT2D eigenvalue weighted by atomic mass is 10.1. The summed E-state index contributed by atoms with van der Waals surface area (Å²) in [4.78, 5) is 15.5. The number of anilines is 1. The summed E-state index contributed by atoms with van der Waals surface area (Å²) in [5.74, 6) is 1.50. The summed E-state index contributed by atoms with van der Waals surface area (Å²) in [5, 5.41) is 1.08. The first-order valence-corrected chi connectivity index (χ1v) is 12.6. The van der Waals surface area contributed by atoms with Crippen LogP contribution in [0.3, 0.4) is 0 Å². The summed E-state index contributed by atoms with van der Waals surface area (Å²) < 4.78 is 14.1. The van der Waals surface area contributed by atoms with Crippen LogP contribution in [0, 0.1) is 0 Å².